The van der Waals surface area contributed by atoms with Crippen molar-refractivity contribution in [3.05, 3.63) is 34.9 Å². The number of benzene rings is 1. The van der Waals surface area contributed by atoms with Crippen molar-refractivity contribution in [1.29, 1.82) is 0 Å². The van der Waals surface area contributed by atoms with Gasteiger partial charge in [-0.2, -0.15) is 0 Å². The Kier molecular flexibility index (Phi) is 5.55. The molecule has 1 N–H and O–H groups in total. The van der Waals surface area contributed by atoms with E-state index in [-0.39, 0.29) is 18.6 Å². The number of rotatable bonds is 5. The standard InChI is InChI=1S/C14H18ClNO2S/c15-12-4-1-3-11(7-12)9-19-10-14(18)16-6-2-5-13(16)8-17/h1,3-4,7,13,17H,2,5-6,8-10H2/t13-/m0/s1. The van der Waals surface area contributed by atoms with Gasteiger partial charge >= 0.3 is 0 Å². The number of aliphatic hydroxyl groups is 1. The maximum absolute atomic E-state index is 12.0. The summed E-state index contributed by atoms with van der Waals surface area (Å²) in [5.41, 5.74) is 1.13. The Morgan fingerprint density at radius 2 is 2.37 bits per heavy atom. The number of hydrogen-bond donors (Lipinski definition) is 1. The van der Waals surface area contributed by atoms with E-state index < -0.39 is 0 Å². The monoisotopic (exact) mass is 299 g/mol. The summed E-state index contributed by atoms with van der Waals surface area (Å²) in [6.45, 7) is 0.854. The van der Waals surface area contributed by atoms with Crippen molar-refractivity contribution < 1.29 is 9.90 Å². The van der Waals surface area contributed by atoms with Crippen molar-refractivity contribution in [2.75, 3.05) is 18.9 Å². The van der Waals surface area contributed by atoms with Gasteiger partial charge in [0.1, 0.15) is 0 Å². The number of hydrogen-bond acceptors (Lipinski definition) is 3. The van der Waals surface area contributed by atoms with Crippen molar-refractivity contribution in [1.82, 2.24) is 4.90 Å². The van der Waals surface area contributed by atoms with Crippen LogP contribution >= 0.6 is 23.4 Å². The minimum absolute atomic E-state index is 0.0271. The van der Waals surface area contributed by atoms with Crippen LogP contribution in [0.25, 0.3) is 0 Å². The van der Waals surface area contributed by atoms with Crippen LogP contribution in [-0.4, -0.2) is 40.9 Å². The first kappa shape index (κ1) is 14.7. The highest BCUT2D eigenvalue weighted by Crippen LogP contribution is 2.20. The van der Waals surface area contributed by atoms with Crippen molar-refractivity contribution in [2.45, 2.75) is 24.6 Å². The van der Waals surface area contributed by atoms with E-state index >= 15 is 0 Å². The van der Waals surface area contributed by atoms with Gasteiger partial charge in [0.25, 0.3) is 0 Å². The van der Waals surface area contributed by atoms with Gasteiger partial charge in [-0.1, -0.05) is 23.7 Å². The highest BCUT2D eigenvalue weighted by molar-refractivity contribution is 7.99. The van der Waals surface area contributed by atoms with Crippen molar-refractivity contribution in [2.24, 2.45) is 0 Å². The predicted molar refractivity (Wildman–Crippen MR) is 79.4 cm³/mol. The molecule has 0 aliphatic carbocycles. The minimum atomic E-state index is 0.0271. The SMILES string of the molecule is O=C(CSCc1cccc(Cl)c1)N1CCC[C@H]1CO. The predicted octanol–water partition coefficient (Wildman–Crippen LogP) is 2.56. The topological polar surface area (TPSA) is 40.5 Å². The van der Waals surface area contributed by atoms with E-state index in [0.29, 0.717) is 5.75 Å². The Morgan fingerprint density at radius 1 is 1.53 bits per heavy atom. The lowest BCUT2D eigenvalue weighted by molar-refractivity contribution is -0.129. The van der Waals surface area contributed by atoms with Gasteiger partial charge in [0.05, 0.1) is 18.4 Å². The summed E-state index contributed by atoms with van der Waals surface area (Å²) in [5.74, 6) is 1.37. The molecular formula is C14H18ClNO2S. The van der Waals surface area contributed by atoms with Crippen molar-refractivity contribution >= 4 is 29.3 Å². The number of halogens is 1. The zero-order valence-electron chi connectivity index (χ0n) is 10.7. The molecule has 1 saturated heterocycles. The van der Waals surface area contributed by atoms with Gasteiger partial charge in [0.15, 0.2) is 0 Å². The van der Waals surface area contributed by atoms with E-state index in [1.54, 1.807) is 11.8 Å². The van der Waals surface area contributed by atoms with Crippen LogP contribution in [0.1, 0.15) is 18.4 Å². The summed E-state index contributed by atoms with van der Waals surface area (Å²) in [5, 5.41) is 9.93. The fourth-order valence-corrected chi connectivity index (χ4v) is 3.39. The molecular weight excluding hydrogens is 282 g/mol. The molecule has 1 aliphatic heterocycles. The van der Waals surface area contributed by atoms with Gasteiger partial charge in [-0.05, 0) is 30.5 Å². The molecule has 0 saturated carbocycles. The van der Waals surface area contributed by atoms with Crippen LogP contribution in [0.5, 0.6) is 0 Å². The second kappa shape index (κ2) is 7.17. The maximum atomic E-state index is 12.0. The molecule has 0 bridgehead atoms. The van der Waals surface area contributed by atoms with Gasteiger partial charge in [0.2, 0.25) is 5.91 Å². The van der Waals surface area contributed by atoms with E-state index in [4.69, 9.17) is 11.6 Å². The number of carbonyl (C=O) groups excluding carboxylic acids is 1. The molecule has 0 radical (unpaired) electrons. The Bertz CT molecular complexity index is 441. The quantitative estimate of drug-likeness (QED) is 0.908. The number of aliphatic hydroxyl groups excluding tert-OH is 1. The van der Waals surface area contributed by atoms with Crippen LogP contribution in [0.4, 0.5) is 0 Å². The number of carbonyl (C=O) groups is 1. The lowest BCUT2D eigenvalue weighted by Crippen LogP contribution is -2.38. The number of amides is 1. The normalized spacial score (nSPS) is 18.8. The van der Waals surface area contributed by atoms with Crippen LogP contribution < -0.4 is 0 Å². The fraction of sp³-hybridized carbons (Fsp3) is 0.500. The van der Waals surface area contributed by atoms with E-state index in [2.05, 4.69) is 0 Å². The summed E-state index contributed by atoms with van der Waals surface area (Å²) in [6, 6.07) is 7.72. The molecule has 1 aromatic rings. The molecule has 0 unspecified atom stereocenters. The lowest BCUT2D eigenvalue weighted by atomic mass is 10.2. The molecule has 19 heavy (non-hydrogen) atoms. The van der Waals surface area contributed by atoms with Crippen LogP contribution in [-0.2, 0) is 10.5 Å². The van der Waals surface area contributed by atoms with Crippen molar-refractivity contribution in [3.63, 3.8) is 0 Å². The third-order valence-electron chi connectivity index (χ3n) is 3.29. The summed E-state index contributed by atoms with van der Waals surface area (Å²) >= 11 is 7.51. The first-order chi connectivity index (χ1) is 9.20. The van der Waals surface area contributed by atoms with Crippen molar-refractivity contribution in [3.8, 4) is 0 Å². The molecule has 1 amide bonds. The Labute approximate surface area is 122 Å². The molecule has 1 aromatic carbocycles. The molecule has 1 aliphatic rings. The number of thioether (sulfide) groups is 1. The molecule has 5 heteroatoms. The first-order valence-corrected chi connectivity index (χ1v) is 7.96. The number of likely N-dealkylation sites (tertiary alicyclic amines) is 1. The Hall–Kier alpha value is -0.710. The zero-order chi connectivity index (χ0) is 13.7. The molecule has 0 aromatic heterocycles. The third kappa shape index (κ3) is 4.13. The second-order valence-corrected chi connectivity index (χ2v) is 6.11. The van der Waals surface area contributed by atoms with Gasteiger partial charge in [0, 0.05) is 17.3 Å². The molecule has 1 atom stereocenters. The molecule has 104 valence electrons. The van der Waals surface area contributed by atoms with Gasteiger partial charge < -0.3 is 10.0 Å². The van der Waals surface area contributed by atoms with Crippen LogP contribution in [0.15, 0.2) is 24.3 Å². The zero-order valence-corrected chi connectivity index (χ0v) is 12.3. The lowest BCUT2D eigenvalue weighted by Gasteiger charge is -2.22. The summed E-state index contributed by atoms with van der Waals surface area (Å²) < 4.78 is 0. The third-order valence-corrected chi connectivity index (χ3v) is 4.52. The summed E-state index contributed by atoms with van der Waals surface area (Å²) in [4.78, 5) is 13.9. The second-order valence-electron chi connectivity index (χ2n) is 4.69. The summed E-state index contributed by atoms with van der Waals surface area (Å²) in [6.07, 6.45) is 1.91. The number of nitrogens with zero attached hydrogens (tertiary/aromatic N) is 1. The van der Waals surface area contributed by atoms with Crippen LogP contribution in [0.3, 0.4) is 0 Å². The minimum Gasteiger partial charge on any atom is -0.394 e. The van der Waals surface area contributed by atoms with Gasteiger partial charge in [-0.3, -0.25) is 4.79 Å². The van der Waals surface area contributed by atoms with Gasteiger partial charge in [-0.25, -0.2) is 0 Å². The average molecular weight is 300 g/mol. The van der Waals surface area contributed by atoms with E-state index in [1.165, 1.54) is 0 Å². The molecule has 1 fully saturated rings. The fourth-order valence-electron chi connectivity index (χ4n) is 2.32. The van der Waals surface area contributed by atoms with Gasteiger partial charge in [-0.15, -0.1) is 11.8 Å². The molecule has 1 heterocycles. The van der Waals surface area contributed by atoms with E-state index in [9.17, 15) is 9.90 Å². The van der Waals surface area contributed by atoms with Crippen LogP contribution in [0, 0.1) is 0 Å². The Morgan fingerprint density at radius 3 is 3.11 bits per heavy atom. The first-order valence-electron chi connectivity index (χ1n) is 6.43. The van der Waals surface area contributed by atoms with E-state index in [0.717, 1.165) is 35.7 Å². The highest BCUT2D eigenvalue weighted by Gasteiger charge is 2.27. The smallest absolute Gasteiger partial charge is 0.232 e. The molecule has 3 nitrogen and oxygen atoms in total. The molecule has 0 spiro atoms. The highest BCUT2D eigenvalue weighted by atomic mass is 35.5. The average Bonchev–Trinajstić information content (AvgIpc) is 2.87. The van der Waals surface area contributed by atoms with E-state index in [1.807, 2.05) is 29.2 Å². The largest absolute Gasteiger partial charge is 0.394 e. The maximum Gasteiger partial charge on any atom is 0.232 e. The Balaban J connectivity index is 1.78. The summed E-state index contributed by atoms with van der Waals surface area (Å²) in [7, 11) is 0. The molecule has 2 rings (SSSR count). The van der Waals surface area contributed by atoms with Crippen LogP contribution in [0.2, 0.25) is 5.02 Å².